The van der Waals surface area contributed by atoms with Crippen LogP contribution in [0.5, 0.6) is 5.75 Å². The summed E-state index contributed by atoms with van der Waals surface area (Å²) in [6.45, 7) is 4.99. The number of rotatable bonds is 6. The molecule has 0 aliphatic carbocycles. The number of methoxy groups -OCH3 is 1. The van der Waals surface area contributed by atoms with E-state index in [4.69, 9.17) is 21.1 Å². The van der Waals surface area contributed by atoms with Crippen molar-refractivity contribution in [2.45, 2.75) is 13.3 Å². The molecule has 180 valence electrons. The van der Waals surface area contributed by atoms with Crippen molar-refractivity contribution in [3.8, 4) is 5.75 Å². The molecule has 1 N–H and O–H groups in total. The Kier molecular flexibility index (Phi) is 6.61. The van der Waals surface area contributed by atoms with Gasteiger partial charge in [0.1, 0.15) is 11.6 Å². The zero-order valence-electron chi connectivity index (χ0n) is 18.9. The van der Waals surface area contributed by atoms with Gasteiger partial charge in [-0.05, 0) is 55.0 Å². The summed E-state index contributed by atoms with van der Waals surface area (Å²) in [4.78, 5) is 38.6. The number of hydrogen-bond acceptors (Lipinski definition) is 6. The fourth-order valence-corrected chi connectivity index (χ4v) is 3.91. The van der Waals surface area contributed by atoms with Gasteiger partial charge in [-0.15, -0.1) is 0 Å². The highest BCUT2D eigenvalue weighted by Crippen LogP contribution is 2.31. The standard InChI is InChI=1S/C25H21ClFN3O5/c1-14-19(11-23(31)35-13-29-12-21(27)24(32)28-15(29)2)20-10-18(34-3)8-9-22(20)30(14)25(33)16-4-6-17(26)7-5-16/h4-10,12H,2,11,13H2,1,3H3,(H,28,32). The Morgan fingerprint density at radius 2 is 1.89 bits per heavy atom. The minimum absolute atomic E-state index is 0.0790. The van der Waals surface area contributed by atoms with Gasteiger partial charge in [0.2, 0.25) is 5.83 Å². The maximum absolute atomic E-state index is 13.6. The second-order valence-electron chi connectivity index (χ2n) is 7.76. The van der Waals surface area contributed by atoms with E-state index >= 15 is 0 Å². The van der Waals surface area contributed by atoms with Crippen LogP contribution >= 0.6 is 11.6 Å². The third-order valence-corrected chi connectivity index (χ3v) is 5.86. The summed E-state index contributed by atoms with van der Waals surface area (Å²) in [5.74, 6) is -2.21. The number of amides is 1. The lowest BCUT2D eigenvalue weighted by molar-refractivity contribution is -0.146. The van der Waals surface area contributed by atoms with Crippen molar-refractivity contribution in [1.29, 1.82) is 0 Å². The SMILES string of the molecule is C=C1NC(=O)C(F)=CN1COC(=O)Cc1c(C)n(C(=O)c2ccc(Cl)cc2)c2ccc(OC)cc12. The van der Waals surface area contributed by atoms with Crippen LogP contribution in [0.3, 0.4) is 0 Å². The molecule has 35 heavy (non-hydrogen) atoms. The van der Waals surface area contributed by atoms with Crippen LogP contribution in [-0.2, 0) is 20.7 Å². The first-order valence-corrected chi connectivity index (χ1v) is 10.9. The molecule has 2 heterocycles. The van der Waals surface area contributed by atoms with E-state index in [1.165, 1.54) is 11.7 Å². The highest BCUT2D eigenvalue weighted by Gasteiger charge is 2.24. The fourth-order valence-electron chi connectivity index (χ4n) is 3.78. The molecule has 0 fully saturated rings. The summed E-state index contributed by atoms with van der Waals surface area (Å²) >= 11 is 5.96. The molecule has 0 radical (unpaired) electrons. The molecule has 1 aromatic heterocycles. The zero-order valence-corrected chi connectivity index (χ0v) is 19.7. The second-order valence-corrected chi connectivity index (χ2v) is 8.20. The maximum atomic E-state index is 13.6. The number of fused-ring (bicyclic) bond motifs is 1. The molecule has 3 aromatic rings. The molecule has 10 heteroatoms. The Bertz CT molecular complexity index is 1390. The van der Waals surface area contributed by atoms with Gasteiger partial charge in [-0.3, -0.25) is 23.9 Å². The lowest BCUT2D eigenvalue weighted by atomic mass is 10.1. The van der Waals surface area contributed by atoms with E-state index in [-0.39, 0.29) is 24.9 Å². The first-order valence-electron chi connectivity index (χ1n) is 10.5. The largest absolute Gasteiger partial charge is 0.497 e. The van der Waals surface area contributed by atoms with Gasteiger partial charge in [-0.1, -0.05) is 18.2 Å². The van der Waals surface area contributed by atoms with Crippen LogP contribution in [0.2, 0.25) is 5.02 Å². The minimum Gasteiger partial charge on any atom is -0.497 e. The van der Waals surface area contributed by atoms with E-state index in [1.54, 1.807) is 49.4 Å². The number of carbonyl (C=O) groups excluding carboxylic acids is 3. The Morgan fingerprint density at radius 1 is 1.17 bits per heavy atom. The number of benzene rings is 2. The van der Waals surface area contributed by atoms with Gasteiger partial charge in [0.15, 0.2) is 6.73 Å². The quantitative estimate of drug-likeness (QED) is 0.517. The van der Waals surface area contributed by atoms with Crippen LogP contribution in [0, 0.1) is 6.92 Å². The molecule has 1 amide bonds. The Balaban J connectivity index is 1.64. The average molecular weight is 498 g/mol. The van der Waals surface area contributed by atoms with Crippen molar-refractivity contribution in [3.63, 3.8) is 0 Å². The Hall–Kier alpha value is -4.11. The summed E-state index contributed by atoms with van der Waals surface area (Å²) in [5, 5.41) is 3.39. The lowest BCUT2D eigenvalue weighted by Gasteiger charge is -2.25. The zero-order chi connectivity index (χ0) is 25.3. The molecule has 0 bridgehead atoms. The number of ether oxygens (including phenoxy) is 2. The molecule has 2 aromatic carbocycles. The smallest absolute Gasteiger partial charge is 0.312 e. The van der Waals surface area contributed by atoms with Crippen molar-refractivity contribution in [2.24, 2.45) is 0 Å². The van der Waals surface area contributed by atoms with Gasteiger partial charge < -0.3 is 14.8 Å². The van der Waals surface area contributed by atoms with Gasteiger partial charge in [0.25, 0.3) is 11.8 Å². The van der Waals surface area contributed by atoms with Gasteiger partial charge in [0, 0.05) is 21.7 Å². The van der Waals surface area contributed by atoms with Gasteiger partial charge in [-0.25, -0.2) is 0 Å². The molecule has 8 nitrogen and oxygen atoms in total. The third kappa shape index (κ3) is 4.76. The third-order valence-electron chi connectivity index (χ3n) is 5.61. The molecule has 0 saturated heterocycles. The van der Waals surface area contributed by atoms with Crippen LogP contribution in [0.15, 0.2) is 66.9 Å². The first kappa shape index (κ1) is 24.0. The molecular formula is C25H21ClFN3O5. The van der Waals surface area contributed by atoms with Crippen molar-refractivity contribution in [3.05, 3.63) is 88.7 Å². The fraction of sp³-hybridized carbons (Fsp3) is 0.160. The molecular weight excluding hydrogens is 477 g/mol. The summed E-state index contributed by atoms with van der Waals surface area (Å²) in [7, 11) is 1.52. The van der Waals surface area contributed by atoms with E-state index in [9.17, 15) is 18.8 Å². The van der Waals surface area contributed by atoms with Crippen molar-refractivity contribution in [2.75, 3.05) is 13.8 Å². The van der Waals surface area contributed by atoms with Crippen molar-refractivity contribution >= 4 is 40.3 Å². The summed E-state index contributed by atoms with van der Waals surface area (Å²) in [6, 6.07) is 11.7. The Labute approximate surface area is 205 Å². The normalized spacial score (nSPS) is 13.5. The molecule has 4 rings (SSSR count). The van der Waals surface area contributed by atoms with Crippen LogP contribution in [0.25, 0.3) is 10.9 Å². The molecule has 0 spiro atoms. The number of nitrogens with one attached hydrogen (secondary N) is 1. The van der Waals surface area contributed by atoms with Crippen LogP contribution < -0.4 is 10.1 Å². The van der Waals surface area contributed by atoms with Crippen molar-refractivity contribution in [1.82, 2.24) is 14.8 Å². The number of halogens is 2. The molecule has 0 saturated carbocycles. The van der Waals surface area contributed by atoms with E-state index in [0.29, 0.717) is 38.5 Å². The van der Waals surface area contributed by atoms with Crippen LogP contribution in [-0.4, -0.2) is 41.1 Å². The summed E-state index contributed by atoms with van der Waals surface area (Å²) in [5.41, 5.74) is 2.17. The van der Waals surface area contributed by atoms with Crippen molar-refractivity contribution < 1.29 is 28.2 Å². The lowest BCUT2D eigenvalue weighted by Crippen LogP contribution is -2.38. The number of carbonyl (C=O) groups is 3. The highest BCUT2D eigenvalue weighted by molar-refractivity contribution is 6.30. The molecule has 1 aliphatic rings. The molecule has 0 atom stereocenters. The van der Waals surface area contributed by atoms with Crippen LogP contribution in [0.4, 0.5) is 4.39 Å². The highest BCUT2D eigenvalue weighted by atomic mass is 35.5. The van der Waals surface area contributed by atoms with Crippen LogP contribution in [0.1, 0.15) is 21.6 Å². The monoisotopic (exact) mass is 497 g/mol. The summed E-state index contributed by atoms with van der Waals surface area (Å²) < 4.78 is 25.7. The van der Waals surface area contributed by atoms with E-state index < -0.39 is 17.7 Å². The first-order chi connectivity index (χ1) is 16.7. The van der Waals surface area contributed by atoms with E-state index in [1.807, 2.05) is 0 Å². The predicted octanol–water partition coefficient (Wildman–Crippen LogP) is 4.06. The minimum atomic E-state index is -1.03. The van der Waals surface area contributed by atoms with E-state index in [2.05, 4.69) is 11.9 Å². The predicted molar refractivity (Wildman–Crippen MR) is 127 cm³/mol. The van der Waals surface area contributed by atoms with Gasteiger partial charge in [-0.2, -0.15) is 4.39 Å². The number of aromatic nitrogens is 1. The average Bonchev–Trinajstić information content (AvgIpc) is 3.10. The van der Waals surface area contributed by atoms with Gasteiger partial charge in [0.05, 0.1) is 25.2 Å². The molecule has 0 unspecified atom stereocenters. The van der Waals surface area contributed by atoms with E-state index in [0.717, 1.165) is 11.1 Å². The Morgan fingerprint density at radius 3 is 2.57 bits per heavy atom. The number of nitrogens with zero attached hydrogens (tertiary/aromatic N) is 2. The second kappa shape index (κ2) is 9.63. The number of hydrogen-bond donors (Lipinski definition) is 1. The topological polar surface area (TPSA) is 89.9 Å². The molecule has 1 aliphatic heterocycles. The summed E-state index contributed by atoms with van der Waals surface area (Å²) in [6.07, 6.45) is 0.747. The maximum Gasteiger partial charge on any atom is 0.312 e. The number of esters is 1. The van der Waals surface area contributed by atoms with Gasteiger partial charge >= 0.3 is 5.97 Å².